The molecule has 11 heteroatoms. The Morgan fingerprint density at radius 2 is 1.78 bits per heavy atom. The Kier molecular flexibility index (Phi) is 7.36. The number of methoxy groups -OCH3 is 1. The van der Waals surface area contributed by atoms with Gasteiger partial charge in [0.1, 0.15) is 17.3 Å². The number of benzene rings is 2. The molecule has 0 bridgehead atoms. The van der Waals surface area contributed by atoms with Crippen molar-refractivity contribution in [1.29, 1.82) is 0 Å². The molecule has 3 heterocycles. The Hall–Kier alpha value is -5.29. The monoisotopic (exact) mass is 566 g/mol. The van der Waals surface area contributed by atoms with Crippen LogP contribution >= 0.6 is 11.3 Å². The van der Waals surface area contributed by atoms with Crippen molar-refractivity contribution in [3.63, 3.8) is 0 Å². The van der Waals surface area contributed by atoms with Crippen molar-refractivity contribution >= 4 is 44.7 Å². The van der Waals surface area contributed by atoms with Gasteiger partial charge in [-0.1, -0.05) is 24.8 Å². The van der Waals surface area contributed by atoms with E-state index >= 15 is 0 Å². The molecule has 206 valence electrons. The number of pyridine rings is 1. The molecular weight excluding hydrogens is 540 g/mol. The molecule has 0 unspecified atom stereocenters. The number of nitrogens with one attached hydrogen (secondary N) is 1. The predicted molar refractivity (Wildman–Crippen MR) is 160 cm³/mol. The van der Waals surface area contributed by atoms with Crippen LogP contribution in [-0.4, -0.2) is 33.9 Å². The van der Waals surface area contributed by atoms with Crippen LogP contribution in [0.25, 0.3) is 31.7 Å². The maximum Gasteiger partial charge on any atom is 0.322 e. The number of nitrogens with zero attached hydrogens (tertiary/aromatic N) is 3. The lowest BCUT2D eigenvalue weighted by molar-refractivity contribution is -0.112. The highest BCUT2D eigenvalue weighted by atomic mass is 32.1. The molecule has 0 aliphatic carbocycles. The summed E-state index contributed by atoms with van der Waals surface area (Å²) in [4.78, 5) is 38.1. The number of hydrogen-bond donors (Lipinski definition) is 3. The Labute approximate surface area is 239 Å². The first-order valence-corrected chi connectivity index (χ1v) is 13.2. The predicted octanol–water partition coefficient (Wildman–Crippen LogP) is 5.73. The number of anilines is 2. The Bertz CT molecular complexity index is 1830. The lowest BCUT2D eigenvalue weighted by atomic mass is 9.98. The minimum Gasteiger partial charge on any atom is -0.495 e. The molecule has 5 N–H and O–H groups in total. The molecule has 0 saturated carbocycles. The van der Waals surface area contributed by atoms with Crippen LogP contribution in [0.2, 0.25) is 0 Å². The first-order valence-electron chi connectivity index (χ1n) is 12.4. The first kappa shape index (κ1) is 27.3. The van der Waals surface area contributed by atoms with Crippen molar-refractivity contribution in [2.75, 3.05) is 18.2 Å². The number of hydrogen-bond acceptors (Lipinski definition) is 9. The number of fused-ring (bicyclic) bond motifs is 1. The zero-order valence-corrected chi connectivity index (χ0v) is 23.3. The largest absolute Gasteiger partial charge is 0.495 e. The van der Waals surface area contributed by atoms with Crippen LogP contribution < -0.4 is 26.3 Å². The van der Waals surface area contributed by atoms with Crippen LogP contribution in [0.5, 0.6) is 17.5 Å². The number of primary amides is 1. The summed E-state index contributed by atoms with van der Waals surface area (Å²) in [5.74, 6) is 0.321. The fourth-order valence-corrected chi connectivity index (χ4v) is 5.55. The highest BCUT2D eigenvalue weighted by Gasteiger charge is 2.23. The van der Waals surface area contributed by atoms with Gasteiger partial charge in [0.2, 0.25) is 0 Å². The maximum absolute atomic E-state index is 12.3. The summed E-state index contributed by atoms with van der Waals surface area (Å²) in [6, 6.07) is 14.8. The van der Waals surface area contributed by atoms with Crippen LogP contribution in [0.15, 0.2) is 73.1 Å². The van der Waals surface area contributed by atoms with E-state index in [2.05, 4.69) is 26.8 Å². The van der Waals surface area contributed by atoms with Gasteiger partial charge in [-0.2, -0.15) is 0 Å². The van der Waals surface area contributed by atoms with Crippen molar-refractivity contribution in [3.05, 3.63) is 84.3 Å². The van der Waals surface area contributed by atoms with Crippen LogP contribution in [0.3, 0.4) is 0 Å². The van der Waals surface area contributed by atoms with Gasteiger partial charge in [-0.3, -0.25) is 9.59 Å². The van der Waals surface area contributed by atoms with Gasteiger partial charge >= 0.3 is 6.01 Å². The number of ether oxygens (including phenoxy) is 2. The molecule has 3 aromatic heterocycles. The van der Waals surface area contributed by atoms with E-state index in [0.717, 1.165) is 27.3 Å². The highest BCUT2D eigenvalue weighted by molar-refractivity contribution is 7.23. The van der Waals surface area contributed by atoms with Gasteiger partial charge in [0, 0.05) is 39.5 Å². The highest BCUT2D eigenvalue weighted by Crippen LogP contribution is 2.48. The fourth-order valence-electron chi connectivity index (χ4n) is 4.21. The summed E-state index contributed by atoms with van der Waals surface area (Å²) >= 11 is 1.36. The fraction of sp³-hybridized carbons (Fsp3) is 0.100. The Morgan fingerprint density at radius 1 is 1.05 bits per heavy atom. The van der Waals surface area contributed by atoms with E-state index in [9.17, 15) is 9.59 Å². The quantitative estimate of drug-likeness (QED) is 0.201. The van der Waals surface area contributed by atoms with Gasteiger partial charge in [0.05, 0.1) is 23.1 Å². The molecule has 5 rings (SSSR count). The molecule has 2 aromatic carbocycles. The van der Waals surface area contributed by atoms with Gasteiger partial charge in [0.25, 0.3) is 11.8 Å². The number of amides is 2. The Balaban J connectivity index is 1.66. The lowest BCUT2D eigenvalue weighted by Crippen LogP contribution is -2.12. The average Bonchev–Trinajstić information content (AvgIpc) is 3.35. The number of carbonyl (C=O) groups is 2. The summed E-state index contributed by atoms with van der Waals surface area (Å²) in [6.45, 7) is 7.16. The number of nitrogens with two attached hydrogens (primary N) is 2. The van der Waals surface area contributed by atoms with Crippen LogP contribution in [0.4, 0.5) is 11.5 Å². The zero-order chi connectivity index (χ0) is 29.3. The number of nitrogen functional groups attached to an aromatic ring is 1. The number of carbonyl (C=O) groups excluding carboxylic acids is 2. The third kappa shape index (κ3) is 5.43. The molecule has 41 heavy (non-hydrogen) atoms. The minimum atomic E-state index is -0.612. The third-order valence-electron chi connectivity index (χ3n) is 6.23. The lowest BCUT2D eigenvalue weighted by Gasteiger charge is -2.13. The number of aryl methyl sites for hydroxylation is 1. The summed E-state index contributed by atoms with van der Waals surface area (Å²) in [7, 11) is 1.52. The zero-order valence-electron chi connectivity index (χ0n) is 22.5. The number of aromatic nitrogens is 3. The van der Waals surface area contributed by atoms with Gasteiger partial charge in [-0.15, -0.1) is 11.3 Å². The van der Waals surface area contributed by atoms with Crippen molar-refractivity contribution in [3.8, 4) is 39.1 Å². The average molecular weight is 567 g/mol. The van der Waals surface area contributed by atoms with Gasteiger partial charge < -0.3 is 26.3 Å². The molecule has 2 amide bonds. The molecule has 0 saturated heterocycles. The summed E-state index contributed by atoms with van der Waals surface area (Å²) in [6.07, 6.45) is 3.02. The molecule has 0 spiro atoms. The molecule has 0 atom stereocenters. The second kappa shape index (κ2) is 11.1. The van der Waals surface area contributed by atoms with E-state index in [1.165, 1.54) is 24.6 Å². The third-order valence-corrected chi connectivity index (χ3v) is 7.50. The van der Waals surface area contributed by atoms with E-state index in [1.807, 2.05) is 31.2 Å². The normalized spacial score (nSPS) is 10.8. The van der Waals surface area contributed by atoms with E-state index in [-0.39, 0.29) is 23.3 Å². The molecule has 0 aliphatic heterocycles. The van der Waals surface area contributed by atoms with Crippen molar-refractivity contribution < 1.29 is 19.1 Å². The standard InChI is InChI=1S/C30H26N6O4S/c1-15(2)29(38)36-21-10-7-18(13-22(21)39-4)25-23(24-26(41-25)20(28(32)37)14-34-27(24)31)17-5-8-19(9-6-17)40-30-33-12-11-16(3)35-30/h5-14H,1H2,2-4H3,(H2,31,34)(H2,32,37)(H,36,38). The molecule has 0 fully saturated rings. The van der Waals surface area contributed by atoms with Gasteiger partial charge in [0.15, 0.2) is 0 Å². The second-order valence-corrected chi connectivity index (χ2v) is 10.2. The number of rotatable bonds is 8. The van der Waals surface area contributed by atoms with Gasteiger partial charge in [-0.05, 0) is 55.3 Å². The molecular formula is C30H26N6O4S. The molecule has 0 radical (unpaired) electrons. The molecule has 5 aromatic rings. The smallest absolute Gasteiger partial charge is 0.322 e. The number of thiophene rings is 1. The summed E-state index contributed by atoms with van der Waals surface area (Å²) < 4.78 is 12.0. The summed E-state index contributed by atoms with van der Waals surface area (Å²) in [5, 5.41) is 3.41. The van der Waals surface area contributed by atoms with E-state index < -0.39 is 5.91 Å². The second-order valence-electron chi connectivity index (χ2n) is 9.19. The minimum absolute atomic E-state index is 0.241. The summed E-state index contributed by atoms with van der Waals surface area (Å²) in [5.41, 5.74) is 16.3. The molecule has 10 nitrogen and oxygen atoms in total. The van der Waals surface area contributed by atoms with Crippen LogP contribution in [0.1, 0.15) is 23.0 Å². The topological polar surface area (TPSA) is 155 Å². The maximum atomic E-state index is 12.3. The van der Waals surface area contributed by atoms with Crippen LogP contribution in [-0.2, 0) is 4.79 Å². The van der Waals surface area contributed by atoms with Crippen LogP contribution in [0, 0.1) is 6.92 Å². The van der Waals surface area contributed by atoms with Crippen molar-refractivity contribution in [2.24, 2.45) is 5.73 Å². The van der Waals surface area contributed by atoms with E-state index in [1.54, 1.807) is 37.4 Å². The van der Waals surface area contributed by atoms with E-state index in [0.29, 0.717) is 32.8 Å². The van der Waals surface area contributed by atoms with Crippen molar-refractivity contribution in [1.82, 2.24) is 15.0 Å². The first-order chi connectivity index (χ1) is 19.7. The van der Waals surface area contributed by atoms with Gasteiger partial charge in [-0.25, -0.2) is 15.0 Å². The van der Waals surface area contributed by atoms with E-state index in [4.69, 9.17) is 20.9 Å². The van der Waals surface area contributed by atoms with Crippen molar-refractivity contribution in [2.45, 2.75) is 13.8 Å². The molecule has 0 aliphatic rings. The SMILES string of the molecule is C=C(C)C(=O)Nc1ccc(-c2sc3c(C(N)=O)cnc(N)c3c2-c2ccc(Oc3nccc(C)n3)cc2)cc1OC. The Morgan fingerprint density at radius 3 is 2.44 bits per heavy atom.